The van der Waals surface area contributed by atoms with Crippen molar-refractivity contribution in [1.82, 2.24) is 0 Å². The smallest absolute Gasteiger partial charge is 0.0935 e. The second-order valence-electron chi connectivity index (χ2n) is 3.05. The van der Waals surface area contributed by atoms with Gasteiger partial charge in [0.25, 0.3) is 0 Å². The third-order valence-corrected chi connectivity index (χ3v) is 3.73. The summed E-state index contributed by atoms with van der Waals surface area (Å²) in [5, 5.41) is 9.59. The molecule has 0 aromatic carbocycles. The Bertz CT molecular complexity index is 299. The molecule has 0 amide bonds. The maximum Gasteiger partial charge on any atom is 0.0935 e. The Labute approximate surface area is 80.0 Å². The molecular formula is C8H10ClNOS. The molecule has 0 saturated carbocycles. The van der Waals surface area contributed by atoms with Gasteiger partial charge in [-0.15, -0.1) is 11.3 Å². The molecule has 1 aliphatic rings. The van der Waals surface area contributed by atoms with Crippen LogP contribution in [0.4, 0.5) is 0 Å². The Morgan fingerprint density at radius 3 is 3.17 bits per heavy atom. The van der Waals surface area contributed by atoms with E-state index < -0.39 is 0 Å². The summed E-state index contributed by atoms with van der Waals surface area (Å²) in [6.45, 7) is 0.598. The maximum atomic E-state index is 9.59. The molecule has 4 heteroatoms. The van der Waals surface area contributed by atoms with E-state index in [1.165, 1.54) is 16.2 Å². The van der Waals surface area contributed by atoms with Crippen molar-refractivity contribution in [1.29, 1.82) is 0 Å². The third kappa shape index (κ3) is 1.17. The molecule has 0 aliphatic heterocycles. The van der Waals surface area contributed by atoms with Gasteiger partial charge in [0.1, 0.15) is 0 Å². The number of halogens is 1. The number of hydrogen-bond donors (Lipinski definition) is 2. The van der Waals surface area contributed by atoms with Crippen LogP contribution in [-0.2, 0) is 0 Å². The van der Waals surface area contributed by atoms with Crippen molar-refractivity contribution in [2.45, 2.75) is 18.4 Å². The molecule has 3 N–H and O–H groups in total. The molecule has 0 saturated heterocycles. The molecular weight excluding hydrogens is 194 g/mol. The zero-order chi connectivity index (χ0) is 8.72. The van der Waals surface area contributed by atoms with Gasteiger partial charge in [-0.25, -0.2) is 0 Å². The van der Waals surface area contributed by atoms with Gasteiger partial charge in [0.2, 0.25) is 0 Å². The number of thiophene rings is 1. The van der Waals surface area contributed by atoms with Crippen molar-refractivity contribution in [3.8, 4) is 0 Å². The quantitative estimate of drug-likeness (QED) is 0.732. The third-order valence-electron chi connectivity index (χ3n) is 2.28. The Morgan fingerprint density at radius 1 is 1.75 bits per heavy atom. The van der Waals surface area contributed by atoms with E-state index in [1.54, 1.807) is 0 Å². The van der Waals surface area contributed by atoms with Crippen LogP contribution in [0.1, 0.15) is 28.9 Å². The van der Waals surface area contributed by atoms with Crippen molar-refractivity contribution in [2.24, 2.45) is 5.73 Å². The highest BCUT2D eigenvalue weighted by Gasteiger charge is 2.30. The topological polar surface area (TPSA) is 46.2 Å². The standard InChI is InChI=1S/C8H10ClNOS/c9-7-2-5-6(11)1-4(3-10)8(5)12-7/h2,4,6,11H,1,3,10H2. The first kappa shape index (κ1) is 8.51. The van der Waals surface area contributed by atoms with E-state index in [1.807, 2.05) is 6.07 Å². The van der Waals surface area contributed by atoms with Gasteiger partial charge in [0, 0.05) is 17.3 Å². The molecule has 0 spiro atoms. The Balaban J connectivity index is 2.41. The van der Waals surface area contributed by atoms with E-state index in [0.717, 1.165) is 16.3 Å². The lowest BCUT2D eigenvalue weighted by atomic mass is 10.1. The first-order valence-electron chi connectivity index (χ1n) is 3.89. The van der Waals surface area contributed by atoms with Crippen molar-refractivity contribution in [3.63, 3.8) is 0 Å². The number of nitrogens with two attached hydrogens (primary N) is 1. The van der Waals surface area contributed by atoms with Gasteiger partial charge < -0.3 is 10.8 Å². The van der Waals surface area contributed by atoms with Crippen LogP contribution in [-0.4, -0.2) is 11.7 Å². The summed E-state index contributed by atoms with van der Waals surface area (Å²) in [5.41, 5.74) is 6.56. The van der Waals surface area contributed by atoms with Gasteiger partial charge >= 0.3 is 0 Å². The molecule has 2 rings (SSSR count). The summed E-state index contributed by atoms with van der Waals surface area (Å²) in [7, 11) is 0. The molecule has 2 unspecified atom stereocenters. The maximum absolute atomic E-state index is 9.59. The summed E-state index contributed by atoms with van der Waals surface area (Å²) in [4.78, 5) is 1.18. The van der Waals surface area contributed by atoms with Crippen LogP contribution < -0.4 is 5.73 Å². The zero-order valence-electron chi connectivity index (χ0n) is 6.46. The first-order chi connectivity index (χ1) is 5.72. The van der Waals surface area contributed by atoms with E-state index in [0.29, 0.717) is 12.5 Å². The predicted molar refractivity (Wildman–Crippen MR) is 50.7 cm³/mol. The highest BCUT2D eigenvalue weighted by Crippen LogP contribution is 2.45. The molecule has 0 radical (unpaired) electrons. The van der Waals surface area contributed by atoms with E-state index >= 15 is 0 Å². The Hall–Kier alpha value is -0.0900. The summed E-state index contributed by atoms with van der Waals surface area (Å²) < 4.78 is 0.747. The van der Waals surface area contributed by atoms with E-state index in [-0.39, 0.29) is 6.10 Å². The minimum absolute atomic E-state index is 0.312. The fourth-order valence-electron chi connectivity index (χ4n) is 1.67. The van der Waals surface area contributed by atoms with Crippen LogP contribution >= 0.6 is 22.9 Å². The van der Waals surface area contributed by atoms with Crippen LogP contribution in [0.2, 0.25) is 4.34 Å². The van der Waals surface area contributed by atoms with Gasteiger partial charge in [-0.2, -0.15) is 0 Å². The molecule has 2 atom stereocenters. The number of hydrogen-bond acceptors (Lipinski definition) is 3. The van der Waals surface area contributed by atoms with Crippen LogP contribution in [0.5, 0.6) is 0 Å². The Kier molecular flexibility index (Phi) is 2.12. The van der Waals surface area contributed by atoms with Crippen molar-refractivity contribution in [3.05, 3.63) is 20.8 Å². The first-order valence-corrected chi connectivity index (χ1v) is 5.09. The summed E-state index contributed by atoms with van der Waals surface area (Å²) in [6.07, 6.45) is 0.409. The van der Waals surface area contributed by atoms with Gasteiger partial charge in [-0.3, -0.25) is 0 Å². The average molecular weight is 204 g/mol. The lowest BCUT2D eigenvalue weighted by molar-refractivity contribution is 0.173. The molecule has 1 aromatic heterocycles. The average Bonchev–Trinajstić information content (AvgIpc) is 2.52. The number of rotatable bonds is 1. The molecule has 1 aromatic rings. The molecule has 0 fully saturated rings. The summed E-state index contributed by atoms with van der Waals surface area (Å²) in [6, 6.07) is 1.85. The molecule has 1 heterocycles. The van der Waals surface area contributed by atoms with Crippen LogP contribution in [0, 0.1) is 0 Å². The van der Waals surface area contributed by atoms with Crippen molar-refractivity contribution in [2.75, 3.05) is 6.54 Å². The number of aliphatic hydroxyl groups excluding tert-OH is 1. The van der Waals surface area contributed by atoms with Gasteiger partial charge in [-0.05, 0) is 18.1 Å². The zero-order valence-corrected chi connectivity index (χ0v) is 8.03. The second kappa shape index (κ2) is 3.00. The van der Waals surface area contributed by atoms with E-state index in [4.69, 9.17) is 17.3 Å². The lowest BCUT2D eigenvalue weighted by Crippen LogP contribution is -2.08. The number of aliphatic hydroxyl groups is 1. The Morgan fingerprint density at radius 2 is 2.50 bits per heavy atom. The van der Waals surface area contributed by atoms with E-state index in [2.05, 4.69) is 0 Å². The minimum atomic E-state index is -0.350. The number of fused-ring (bicyclic) bond motifs is 1. The molecule has 0 bridgehead atoms. The van der Waals surface area contributed by atoms with Gasteiger partial charge in [0.05, 0.1) is 10.4 Å². The second-order valence-corrected chi connectivity index (χ2v) is 4.77. The highest BCUT2D eigenvalue weighted by atomic mass is 35.5. The van der Waals surface area contributed by atoms with Crippen molar-refractivity contribution < 1.29 is 5.11 Å². The molecule has 2 nitrogen and oxygen atoms in total. The van der Waals surface area contributed by atoms with Crippen LogP contribution in [0.3, 0.4) is 0 Å². The fourth-order valence-corrected chi connectivity index (χ4v) is 3.11. The SMILES string of the molecule is NCC1CC(O)c2cc(Cl)sc21. The van der Waals surface area contributed by atoms with Gasteiger partial charge in [-0.1, -0.05) is 11.6 Å². The largest absolute Gasteiger partial charge is 0.388 e. The van der Waals surface area contributed by atoms with Crippen LogP contribution in [0.25, 0.3) is 0 Å². The van der Waals surface area contributed by atoms with E-state index in [9.17, 15) is 5.11 Å². The molecule has 66 valence electrons. The summed E-state index contributed by atoms with van der Waals surface area (Å²) in [5.74, 6) is 0.312. The fraction of sp³-hybridized carbons (Fsp3) is 0.500. The monoisotopic (exact) mass is 203 g/mol. The molecule has 12 heavy (non-hydrogen) atoms. The summed E-state index contributed by atoms with van der Waals surface area (Å²) >= 11 is 7.37. The lowest BCUT2D eigenvalue weighted by Gasteiger charge is -2.04. The normalized spacial score (nSPS) is 27.6. The van der Waals surface area contributed by atoms with Crippen LogP contribution in [0.15, 0.2) is 6.07 Å². The highest BCUT2D eigenvalue weighted by molar-refractivity contribution is 7.16. The predicted octanol–water partition coefficient (Wildman–Crippen LogP) is 1.88. The van der Waals surface area contributed by atoms with Crippen molar-refractivity contribution >= 4 is 22.9 Å². The van der Waals surface area contributed by atoms with Gasteiger partial charge in [0.15, 0.2) is 0 Å². The minimum Gasteiger partial charge on any atom is -0.388 e. The molecule has 1 aliphatic carbocycles.